The third kappa shape index (κ3) is 2.26. The second kappa shape index (κ2) is 4.35. The van der Waals surface area contributed by atoms with Gasteiger partial charge in [-0.1, -0.05) is 28.4 Å². The van der Waals surface area contributed by atoms with Gasteiger partial charge in [-0.2, -0.15) is 0 Å². The Morgan fingerprint density at radius 3 is 2.69 bits per heavy atom. The van der Waals surface area contributed by atoms with Crippen molar-refractivity contribution < 1.29 is 9.94 Å². The smallest absolute Gasteiger partial charge is 0.130 e. The highest BCUT2D eigenvalue weighted by Crippen LogP contribution is 2.29. The number of hydrogen-bond acceptors (Lipinski definition) is 3. The summed E-state index contributed by atoms with van der Waals surface area (Å²) in [5, 5.41) is 12.1. The van der Waals surface area contributed by atoms with E-state index in [0.717, 1.165) is 0 Å². The average Bonchev–Trinajstić information content (AvgIpc) is 2.09. The van der Waals surface area contributed by atoms with Crippen LogP contribution in [-0.4, -0.2) is 18.5 Å². The molecule has 0 fully saturated rings. The van der Waals surface area contributed by atoms with E-state index in [2.05, 4.69) is 5.16 Å². The molecule has 0 spiro atoms. The fourth-order valence-corrected chi connectivity index (χ4v) is 1.44. The van der Waals surface area contributed by atoms with E-state index in [-0.39, 0.29) is 0 Å². The third-order valence-electron chi connectivity index (χ3n) is 1.46. The Labute approximate surface area is 85.5 Å². The molecule has 13 heavy (non-hydrogen) atoms. The summed E-state index contributed by atoms with van der Waals surface area (Å²) < 4.78 is 4.99. The van der Waals surface area contributed by atoms with Crippen molar-refractivity contribution >= 4 is 29.4 Å². The summed E-state index contributed by atoms with van der Waals surface area (Å²) in [6.07, 6.45) is 1.19. The Hall–Kier alpha value is -0.930. The van der Waals surface area contributed by atoms with Crippen molar-refractivity contribution in [3.63, 3.8) is 0 Å². The maximum absolute atomic E-state index is 8.36. The van der Waals surface area contributed by atoms with Gasteiger partial charge in [0.25, 0.3) is 0 Å². The molecule has 0 saturated heterocycles. The predicted molar refractivity (Wildman–Crippen MR) is 52.4 cm³/mol. The van der Waals surface area contributed by atoms with Gasteiger partial charge < -0.3 is 9.94 Å². The first-order valence-corrected chi connectivity index (χ1v) is 4.15. The van der Waals surface area contributed by atoms with Crippen LogP contribution >= 0.6 is 23.2 Å². The van der Waals surface area contributed by atoms with Crippen LogP contribution < -0.4 is 4.74 Å². The Kier molecular flexibility index (Phi) is 3.39. The Morgan fingerprint density at radius 1 is 1.46 bits per heavy atom. The molecule has 0 saturated carbocycles. The van der Waals surface area contributed by atoms with Crippen molar-refractivity contribution in [2.45, 2.75) is 0 Å². The molecule has 0 aliphatic heterocycles. The van der Waals surface area contributed by atoms with Gasteiger partial charge in [-0.25, -0.2) is 0 Å². The van der Waals surface area contributed by atoms with Crippen LogP contribution in [0.1, 0.15) is 5.56 Å². The molecule has 0 heterocycles. The van der Waals surface area contributed by atoms with Gasteiger partial charge in [0.05, 0.1) is 23.9 Å². The summed E-state index contributed by atoms with van der Waals surface area (Å²) in [5.74, 6) is 0.468. The number of methoxy groups -OCH3 is 1. The highest BCUT2D eigenvalue weighted by molar-refractivity contribution is 6.36. The lowest BCUT2D eigenvalue weighted by atomic mass is 10.2. The van der Waals surface area contributed by atoms with Gasteiger partial charge in [-0.3, -0.25) is 0 Å². The normalized spacial score (nSPS) is 10.7. The van der Waals surface area contributed by atoms with Gasteiger partial charge in [-0.15, -0.1) is 0 Å². The quantitative estimate of drug-likeness (QED) is 0.473. The molecular formula is C8H7Cl2NO2. The van der Waals surface area contributed by atoms with Gasteiger partial charge in [0, 0.05) is 5.02 Å². The number of benzene rings is 1. The largest absolute Gasteiger partial charge is 0.496 e. The van der Waals surface area contributed by atoms with Crippen molar-refractivity contribution in [1.29, 1.82) is 0 Å². The third-order valence-corrected chi connectivity index (χ3v) is 1.99. The zero-order valence-electron chi connectivity index (χ0n) is 6.79. The minimum absolute atomic E-state index is 0.377. The Balaban J connectivity index is 3.29. The van der Waals surface area contributed by atoms with E-state index in [4.69, 9.17) is 33.1 Å². The fourth-order valence-electron chi connectivity index (χ4n) is 0.913. The molecule has 1 aromatic carbocycles. The maximum atomic E-state index is 8.36. The highest BCUT2D eigenvalue weighted by atomic mass is 35.5. The lowest BCUT2D eigenvalue weighted by Crippen LogP contribution is -1.92. The topological polar surface area (TPSA) is 41.8 Å². The molecule has 3 nitrogen and oxygen atoms in total. The molecule has 0 aliphatic rings. The number of ether oxygens (including phenoxy) is 1. The first-order chi connectivity index (χ1) is 6.19. The molecule has 1 N–H and O–H groups in total. The van der Waals surface area contributed by atoms with Crippen LogP contribution in [0.4, 0.5) is 0 Å². The summed E-state index contributed by atoms with van der Waals surface area (Å²) in [6, 6.07) is 3.13. The van der Waals surface area contributed by atoms with Gasteiger partial charge in [-0.05, 0) is 12.1 Å². The molecular weight excluding hydrogens is 213 g/mol. The van der Waals surface area contributed by atoms with Crippen LogP contribution in [0.25, 0.3) is 0 Å². The maximum Gasteiger partial charge on any atom is 0.130 e. The second-order valence-electron chi connectivity index (χ2n) is 2.25. The van der Waals surface area contributed by atoms with Crippen molar-refractivity contribution in [2.75, 3.05) is 7.11 Å². The summed E-state index contributed by atoms with van der Waals surface area (Å²) in [6.45, 7) is 0. The number of hydrogen-bond donors (Lipinski definition) is 1. The minimum Gasteiger partial charge on any atom is -0.496 e. The van der Waals surface area contributed by atoms with E-state index in [1.165, 1.54) is 13.3 Å². The lowest BCUT2D eigenvalue weighted by molar-refractivity contribution is 0.321. The molecule has 1 rings (SSSR count). The first-order valence-electron chi connectivity index (χ1n) is 3.39. The van der Waals surface area contributed by atoms with Crippen LogP contribution in [0.15, 0.2) is 17.3 Å². The van der Waals surface area contributed by atoms with Gasteiger partial charge >= 0.3 is 0 Å². The molecule has 70 valence electrons. The lowest BCUT2D eigenvalue weighted by Gasteiger charge is -2.06. The molecule has 0 unspecified atom stereocenters. The molecule has 5 heteroatoms. The summed E-state index contributed by atoms with van der Waals surface area (Å²) >= 11 is 11.6. The molecule has 1 aromatic rings. The molecule has 0 atom stereocenters. The van der Waals surface area contributed by atoms with E-state index in [0.29, 0.717) is 21.4 Å². The SMILES string of the molecule is COc1cc(Cl)cc(Cl)c1C=NO. The van der Waals surface area contributed by atoms with Crippen LogP contribution in [0.2, 0.25) is 10.0 Å². The fraction of sp³-hybridized carbons (Fsp3) is 0.125. The van der Waals surface area contributed by atoms with E-state index in [1.807, 2.05) is 0 Å². The first kappa shape index (κ1) is 10.2. The number of rotatable bonds is 2. The van der Waals surface area contributed by atoms with Gasteiger partial charge in [0.15, 0.2) is 0 Å². The van der Waals surface area contributed by atoms with Crippen LogP contribution in [0, 0.1) is 0 Å². The van der Waals surface area contributed by atoms with Crippen LogP contribution in [0.3, 0.4) is 0 Å². The van der Waals surface area contributed by atoms with E-state index >= 15 is 0 Å². The van der Waals surface area contributed by atoms with E-state index < -0.39 is 0 Å². The standard InChI is InChI=1S/C8H7Cl2NO2/c1-13-8-3-5(9)2-7(10)6(8)4-11-12/h2-4,12H,1H3. The van der Waals surface area contributed by atoms with E-state index in [9.17, 15) is 0 Å². The molecule has 0 radical (unpaired) electrons. The molecule has 0 aromatic heterocycles. The average molecular weight is 220 g/mol. The van der Waals surface area contributed by atoms with Crippen LogP contribution in [-0.2, 0) is 0 Å². The zero-order valence-corrected chi connectivity index (χ0v) is 8.30. The minimum atomic E-state index is 0.377. The predicted octanol–water partition coefficient (Wildman–Crippen LogP) is 2.81. The number of halogens is 2. The van der Waals surface area contributed by atoms with Crippen molar-refractivity contribution in [3.05, 3.63) is 27.7 Å². The van der Waals surface area contributed by atoms with Gasteiger partial charge in [0.2, 0.25) is 0 Å². The van der Waals surface area contributed by atoms with E-state index in [1.54, 1.807) is 12.1 Å². The van der Waals surface area contributed by atoms with Crippen molar-refractivity contribution in [1.82, 2.24) is 0 Å². The van der Waals surface area contributed by atoms with Crippen molar-refractivity contribution in [2.24, 2.45) is 5.16 Å². The number of oxime groups is 1. The zero-order chi connectivity index (χ0) is 9.84. The Morgan fingerprint density at radius 2 is 2.15 bits per heavy atom. The number of nitrogens with zero attached hydrogens (tertiary/aromatic N) is 1. The van der Waals surface area contributed by atoms with Gasteiger partial charge in [0.1, 0.15) is 5.75 Å². The van der Waals surface area contributed by atoms with Crippen molar-refractivity contribution in [3.8, 4) is 5.75 Å². The second-order valence-corrected chi connectivity index (χ2v) is 3.09. The monoisotopic (exact) mass is 219 g/mol. The Bertz CT molecular complexity index is 339. The molecule has 0 bridgehead atoms. The highest BCUT2D eigenvalue weighted by Gasteiger charge is 2.07. The molecule has 0 amide bonds. The summed E-state index contributed by atoms with van der Waals surface area (Å²) in [7, 11) is 1.48. The van der Waals surface area contributed by atoms with Crippen LogP contribution in [0.5, 0.6) is 5.75 Å². The summed E-state index contributed by atoms with van der Waals surface area (Å²) in [4.78, 5) is 0. The summed E-state index contributed by atoms with van der Waals surface area (Å²) in [5.41, 5.74) is 0.496. The molecule has 0 aliphatic carbocycles.